The Labute approximate surface area is 149 Å². The number of rotatable bonds is 5. The number of benzene rings is 2. The smallest absolute Gasteiger partial charge is 0.151 e. The maximum absolute atomic E-state index is 6.49. The van der Waals surface area contributed by atoms with E-state index in [4.69, 9.17) is 9.72 Å². The first-order valence-corrected chi connectivity index (χ1v) is 9.01. The van der Waals surface area contributed by atoms with Crippen LogP contribution in [0, 0.1) is 0 Å². The van der Waals surface area contributed by atoms with Crippen molar-refractivity contribution >= 4 is 11.0 Å². The van der Waals surface area contributed by atoms with Gasteiger partial charge < -0.3 is 14.2 Å². The summed E-state index contributed by atoms with van der Waals surface area (Å²) in [6.45, 7) is 2.61. The highest BCUT2D eigenvalue weighted by atomic mass is 16.5. The monoisotopic (exact) mass is 335 g/mol. The molecule has 1 aliphatic heterocycles. The van der Waals surface area contributed by atoms with Crippen LogP contribution in [0.1, 0.15) is 24.2 Å². The van der Waals surface area contributed by atoms with Crippen molar-refractivity contribution in [3.05, 3.63) is 66.0 Å². The lowest BCUT2D eigenvalue weighted by atomic mass is 9.87. The third kappa shape index (κ3) is 2.86. The summed E-state index contributed by atoms with van der Waals surface area (Å²) in [5, 5.41) is 0. The van der Waals surface area contributed by atoms with E-state index in [0.29, 0.717) is 6.61 Å². The van der Waals surface area contributed by atoms with Gasteiger partial charge in [0.25, 0.3) is 0 Å². The molecule has 4 nitrogen and oxygen atoms in total. The zero-order valence-corrected chi connectivity index (χ0v) is 15.0. The molecule has 2 aromatic carbocycles. The summed E-state index contributed by atoms with van der Waals surface area (Å²) in [4.78, 5) is 7.23. The lowest BCUT2D eigenvalue weighted by Gasteiger charge is -2.38. The SMILES string of the molecule is CN(C)CCCC1(c2ccccc2)OCCn2c1nc1ccccc12. The molecule has 1 atom stereocenters. The molecular weight excluding hydrogens is 310 g/mol. The van der Waals surface area contributed by atoms with Crippen molar-refractivity contribution in [2.45, 2.75) is 25.0 Å². The average Bonchev–Trinajstić information content (AvgIpc) is 3.02. The Balaban J connectivity index is 1.85. The maximum Gasteiger partial charge on any atom is 0.151 e. The Morgan fingerprint density at radius 1 is 1.08 bits per heavy atom. The molecule has 3 aromatic rings. The summed E-state index contributed by atoms with van der Waals surface area (Å²) >= 11 is 0. The molecule has 0 N–H and O–H groups in total. The molecule has 1 unspecified atom stereocenters. The molecule has 0 bridgehead atoms. The van der Waals surface area contributed by atoms with Crippen LogP contribution in [0.25, 0.3) is 11.0 Å². The predicted octanol–water partition coefficient (Wildman–Crippen LogP) is 3.65. The molecular formula is C21H25N3O. The zero-order chi connectivity index (χ0) is 17.3. The van der Waals surface area contributed by atoms with Crippen molar-refractivity contribution in [1.29, 1.82) is 0 Å². The summed E-state index contributed by atoms with van der Waals surface area (Å²) < 4.78 is 8.84. The summed E-state index contributed by atoms with van der Waals surface area (Å²) in [5.41, 5.74) is 2.99. The number of hydrogen-bond acceptors (Lipinski definition) is 3. The summed E-state index contributed by atoms with van der Waals surface area (Å²) in [6.07, 6.45) is 1.99. The van der Waals surface area contributed by atoms with Crippen LogP contribution in [0.3, 0.4) is 0 Å². The van der Waals surface area contributed by atoms with Crippen LogP contribution >= 0.6 is 0 Å². The minimum Gasteiger partial charge on any atom is -0.360 e. The minimum absolute atomic E-state index is 0.464. The standard InChI is InChI=1S/C21H25N3O/c1-23(2)14-8-13-21(17-9-4-3-5-10-17)20-22-18-11-6-7-12-19(18)24(20)15-16-25-21/h3-7,9-12H,8,13-16H2,1-2H3. The van der Waals surface area contributed by atoms with E-state index in [-0.39, 0.29) is 0 Å². The van der Waals surface area contributed by atoms with Gasteiger partial charge in [-0.05, 0) is 51.2 Å². The molecule has 4 heteroatoms. The van der Waals surface area contributed by atoms with Crippen LogP contribution in [0.5, 0.6) is 0 Å². The van der Waals surface area contributed by atoms with E-state index in [1.54, 1.807) is 0 Å². The second-order valence-electron chi connectivity index (χ2n) is 7.02. The van der Waals surface area contributed by atoms with Gasteiger partial charge >= 0.3 is 0 Å². The molecule has 2 heterocycles. The molecule has 0 saturated carbocycles. The van der Waals surface area contributed by atoms with Gasteiger partial charge in [0, 0.05) is 6.54 Å². The number of fused-ring (bicyclic) bond motifs is 3. The van der Waals surface area contributed by atoms with Crippen molar-refractivity contribution in [2.75, 3.05) is 27.2 Å². The zero-order valence-electron chi connectivity index (χ0n) is 15.0. The van der Waals surface area contributed by atoms with E-state index >= 15 is 0 Å². The lowest BCUT2D eigenvalue weighted by molar-refractivity contribution is -0.0574. The molecule has 130 valence electrons. The van der Waals surface area contributed by atoms with Gasteiger partial charge in [-0.25, -0.2) is 4.98 Å². The van der Waals surface area contributed by atoms with Gasteiger partial charge in [0.05, 0.1) is 17.6 Å². The number of nitrogens with zero attached hydrogens (tertiary/aromatic N) is 3. The van der Waals surface area contributed by atoms with Crippen LogP contribution < -0.4 is 0 Å². The quantitative estimate of drug-likeness (QED) is 0.713. The molecule has 0 saturated heterocycles. The van der Waals surface area contributed by atoms with Crippen LogP contribution in [0.15, 0.2) is 54.6 Å². The molecule has 0 amide bonds. The van der Waals surface area contributed by atoms with E-state index in [1.165, 1.54) is 11.1 Å². The van der Waals surface area contributed by atoms with Gasteiger partial charge in [-0.15, -0.1) is 0 Å². The van der Waals surface area contributed by atoms with E-state index in [2.05, 4.69) is 78.2 Å². The molecule has 4 rings (SSSR count). The van der Waals surface area contributed by atoms with E-state index < -0.39 is 5.60 Å². The van der Waals surface area contributed by atoms with E-state index in [0.717, 1.165) is 37.3 Å². The minimum atomic E-state index is -0.464. The largest absolute Gasteiger partial charge is 0.360 e. The Morgan fingerprint density at radius 2 is 1.84 bits per heavy atom. The average molecular weight is 335 g/mol. The fourth-order valence-electron chi connectivity index (χ4n) is 3.88. The molecule has 0 fully saturated rings. The summed E-state index contributed by atoms with van der Waals surface area (Å²) in [7, 11) is 4.23. The van der Waals surface area contributed by atoms with Crippen molar-refractivity contribution in [3.63, 3.8) is 0 Å². The number of aromatic nitrogens is 2. The number of hydrogen-bond donors (Lipinski definition) is 0. The van der Waals surface area contributed by atoms with Gasteiger partial charge in [-0.1, -0.05) is 42.5 Å². The van der Waals surface area contributed by atoms with Crippen LogP contribution in [-0.2, 0) is 16.9 Å². The number of ether oxygens (including phenoxy) is 1. The van der Waals surface area contributed by atoms with Gasteiger partial charge in [0.2, 0.25) is 0 Å². The molecule has 1 aromatic heterocycles. The first-order chi connectivity index (χ1) is 12.2. The first kappa shape index (κ1) is 16.3. The Morgan fingerprint density at radius 3 is 2.64 bits per heavy atom. The second kappa shape index (κ2) is 6.62. The van der Waals surface area contributed by atoms with Crippen molar-refractivity contribution in [3.8, 4) is 0 Å². The van der Waals surface area contributed by atoms with Gasteiger partial charge in [0.15, 0.2) is 5.60 Å². The predicted molar refractivity (Wildman–Crippen MR) is 101 cm³/mol. The highest BCUT2D eigenvalue weighted by molar-refractivity contribution is 5.76. The topological polar surface area (TPSA) is 30.3 Å². The third-order valence-electron chi connectivity index (χ3n) is 5.05. The molecule has 25 heavy (non-hydrogen) atoms. The molecule has 0 aliphatic carbocycles. The van der Waals surface area contributed by atoms with Gasteiger partial charge in [0.1, 0.15) is 5.82 Å². The van der Waals surface area contributed by atoms with Crippen LogP contribution in [-0.4, -0.2) is 41.7 Å². The third-order valence-corrected chi connectivity index (χ3v) is 5.05. The first-order valence-electron chi connectivity index (χ1n) is 9.01. The van der Waals surface area contributed by atoms with Crippen LogP contribution in [0.4, 0.5) is 0 Å². The van der Waals surface area contributed by atoms with Gasteiger partial charge in [-0.3, -0.25) is 0 Å². The van der Waals surface area contributed by atoms with Crippen molar-refractivity contribution < 1.29 is 4.74 Å². The summed E-state index contributed by atoms with van der Waals surface area (Å²) in [5.74, 6) is 1.05. The van der Waals surface area contributed by atoms with E-state index in [9.17, 15) is 0 Å². The van der Waals surface area contributed by atoms with Crippen molar-refractivity contribution in [2.24, 2.45) is 0 Å². The Hall–Kier alpha value is -2.17. The second-order valence-corrected chi connectivity index (χ2v) is 7.02. The van der Waals surface area contributed by atoms with Crippen molar-refractivity contribution in [1.82, 2.24) is 14.5 Å². The maximum atomic E-state index is 6.49. The normalized spacial score (nSPS) is 20.1. The molecule has 1 aliphatic rings. The highest BCUT2D eigenvalue weighted by Gasteiger charge is 2.42. The number of imidazole rings is 1. The molecule has 0 radical (unpaired) electrons. The van der Waals surface area contributed by atoms with E-state index in [1.807, 2.05) is 0 Å². The number of para-hydroxylation sites is 2. The summed E-state index contributed by atoms with van der Waals surface area (Å²) in [6, 6.07) is 19.0. The Bertz CT molecular complexity index is 856. The highest BCUT2D eigenvalue weighted by Crippen LogP contribution is 2.41. The fraction of sp³-hybridized carbons (Fsp3) is 0.381. The molecule has 0 spiro atoms. The van der Waals surface area contributed by atoms with Crippen LogP contribution in [0.2, 0.25) is 0 Å². The fourth-order valence-corrected chi connectivity index (χ4v) is 3.88. The van der Waals surface area contributed by atoms with Gasteiger partial charge in [-0.2, -0.15) is 0 Å². The lowest BCUT2D eigenvalue weighted by Crippen LogP contribution is -2.40. The Kier molecular flexibility index (Phi) is 4.32.